The summed E-state index contributed by atoms with van der Waals surface area (Å²) in [6, 6.07) is 4.20. The predicted molar refractivity (Wildman–Crippen MR) is 63.1 cm³/mol. The van der Waals surface area contributed by atoms with Gasteiger partial charge in [0.15, 0.2) is 0 Å². The number of hydrogen-bond acceptors (Lipinski definition) is 2. The van der Waals surface area contributed by atoms with Crippen LogP contribution in [-0.2, 0) is 0 Å². The van der Waals surface area contributed by atoms with Crippen LogP contribution in [0, 0.1) is 6.92 Å². The Balaban J connectivity index is 2.14. The van der Waals surface area contributed by atoms with E-state index in [0.29, 0.717) is 4.83 Å². The molecule has 1 aliphatic heterocycles. The van der Waals surface area contributed by atoms with E-state index in [4.69, 9.17) is 0 Å². The molecule has 1 unspecified atom stereocenters. The minimum Gasteiger partial charge on any atom is -0.355 e. The van der Waals surface area contributed by atoms with E-state index in [1.54, 1.807) is 0 Å². The quantitative estimate of drug-likeness (QED) is 0.717. The molecule has 0 spiro atoms. The van der Waals surface area contributed by atoms with Gasteiger partial charge in [0.25, 0.3) is 0 Å². The number of nitrogens with zero attached hydrogens (tertiary/aromatic N) is 2. The second-order valence-corrected chi connectivity index (χ2v) is 5.17. The predicted octanol–water partition coefficient (Wildman–Crippen LogP) is 2.75. The van der Waals surface area contributed by atoms with Crippen LogP contribution in [-0.4, -0.2) is 22.9 Å². The molecule has 14 heavy (non-hydrogen) atoms. The third-order valence-corrected chi connectivity index (χ3v) is 3.34. The van der Waals surface area contributed by atoms with E-state index in [1.165, 1.54) is 18.4 Å². The first-order valence-electron chi connectivity index (χ1n) is 5.07. The Morgan fingerprint density at radius 1 is 1.57 bits per heavy atom. The Kier molecular flexibility index (Phi) is 3.06. The van der Waals surface area contributed by atoms with Gasteiger partial charge in [-0.1, -0.05) is 15.9 Å². The van der Waals surface area contributed by atoms with Crippen molar-refractivity contribution in [3.05, 3.63) is 23.9 Å². The molecule has 0 bridgehead atoms. The SMILES string of the molecule is Cc1ccnc(N2CCCC(Br)C2)c1. The van der Waals surface area contributed by atoms with E-state index in [-0.39, 0.29) is 0 Å². The van der Waals surface area contributed by atoms with E-state index >= 15 is 0 Å². The molecule has 1 atom stereocenters. The molecular formula is C11H15BrN2. The second-order valence-electron chi connectivity index (χ2n) is 3.88. The molecule has 2 heterocycles. The van der Waals surface area contributed by atoms with Crippen molar-refractivity contribution in [1.82, 2.24) is 4.98 Å². The summed E-state index contributed by atoms with van der Waals surface area (Å²) in [5.74, 6) is 1.12. The fraction of sp³-hybridized carbons (Fsp3) is 0.545. The molecule has 0 saturated carbocycles. The van der Waals surface area contributed by atoms with Crippen molar-refractivity contribution in [2.75, 3.05) is 18.0 Å². The zero-order valence-electron chi connectivity index (χ0n) is 8.41. The molecule has 0 amide bonds. The molecule has 1 aromatic rings. The average molecular weight is 255 g/mol. The number of rotatable bonds is 1. The molecule has 0 aromatic carbocycles. The molecule has 3 heteroatoms. The number of aryl methyl sites for hydroxylation is 1. The van der Waals surface area contributed by atoms with Gasteiger partial charge in [-0.05, 0) is 37.5 Å². The minimum absolute atomic E-state index is 0.624. The second kappa shape index (κ2) is 4.30. The van der Waals surface area contributed by atoms with Crippen LogP contribution in [0.15, 0.2) is 18.3 Å². The van der Waals surface area contributed by atoms with Gasteiger partial charge in [0.2, 0.25) is 0 Å². The zero-order valence-corrected chi connectivity index (χ0v) is 10.00. The summed E-state index contributed by atoms with van der Waals surface area (Å²) in [5.41, 5.74) is 1.28. The lowest BCUT2D eigenvalue weighted by molar-refractivity contribution is 0.591. The summed E-state index contributed by atoms with van der Waals surface area (Å²) in [4.78, 5) is 7.38. The Hall–Kier alpha value is -0.570. The molecule has 0 N–H and O–H groups in total. The Morgan fingerprint density at radius 3 is 3.14 bits per heavy atom. The maximum Gasteiger partial charge on any atom is 0.128 e. The lowest BCUT2D eigenvalue weighted by Gasteiger charge is -2.31. The highest BCUT2D eigenvalue weighted by Crippen LogP contribution is 2.21. The van der Waals surface area contributed by atoms with E-state index in [1.807, 2.05) is 12.3 Å². The molecule has 1 fully saturated rings. The van der Waals surface area contributed by atoms with Gasteiger partial charge in [-0.2, -0.15) is 0 Å². The standard InChI is InChI=1S/C11H15BrN2/c1-9-4-5-13-11(7-9)14-6-2-3-10(12)8-14/h4-5,7,10H,2-3,6,8H2,1H3. The van der Waals surface area contributed by atoms with Gasteiger partial charge in [-0.25, -0.2) is 4.98 Å². The van der Waals surface area contributed by atoms with Crippen LogP contribution in [0.3, 0.4) is 0 Å². The number of pyridine rings is 1. The highest BCUT2D eigenvalue weighted by molar-refractivity contribution is 9.09. The van der Waals surface area contributed by atoms with E-state index < -0.39 is 0 Å². The van der Waals surface area contributed by atoms with Gasteiger partial charge >= 0.3 is 0 Å². The third kappa shape index (κ3) is 2.27. The van der Waals surface area contributed by atoms with Crippen LogP contribution >= 0.6 is 15.9 Å². The van der Waals surface area contributed by atoms with Crippen molar-refractivity contribution >= 4 is 21.7 Å². The summed E-state index contributed by atoms with van der Waals surface area (Å²) in [5, 5.41) is 0. The first-order valence-corrected chi connectivity index (χ1v) is 5.99. The molecule has 0 aliphatic carbocycles. The van der Waals surface area contributed by atoms with E-state index in [2.05, 4.69) is 38.8 Å². The topological polar surface area (TPSA) is 16.1 Å². The summed E-state index contributed by atoms with van der Waals surface area (Å²) < 4.78 is 0. The largest absolute Gasteiger partial charge is 0.355 e. The van der Waals surface area contributed by atoms with Crippen LogP contribution in [0.5, 0.6) is 0 Å². The van der Waals surface area contributed by atoms with Crippen LogP contribution in [0.2, 0.25) is 0 Å². The van der Waals surface area contributed by atoms with Gasteiger partial charge < -0.3 is 4.90 Å². The number of hydrogen-bond donors (Lipinski definition) is 0. The summed E-state index contributed by atoms with van der Waals surface area (Å²) in [7, 11) is 0. The van der Waals surface area contributed by atoms with Crippen molar-refractivity contribution < 1.29 is 0 Å². The minimum atomic E-state index is 0.624. The molecule has 1 aliphatic rings. The molecule has 2 nitrogen and oxygen atoms in total. The van der Waals surface area contributed by atoms with Gasteiger partial charge in [0, 0.05) is 24.1 Å². The number of anilines is 1. The number of aromatic nitrogens is 1. The van der Waals surface area contributed by atoms with Crippen LogP contribution in [0.1, 0.15) is 18.4 Å². The highest BCUT2D eigenvalue weighted by atomic mass is 79.9. The Bertz CT molecular complexity index is 314. The van der Waals surface area contributed by atoms with Crippen LogP contribution < -0.4 is 4.90 Å². The normalized spacial score (nSPS) is 22.4. The lowest BCUT2D eigenvalue weighted by Crippen LogP contribution is -2.36. The van der Waals surface area contributed by atoms with Crippen molar-refractivity contribution in [2.45, 2.75) is 24.6 Å². The third-order valence-electron chi connectivity index (χ3n) is 2.59. The Labute approximate surface area is 93.5 Å². The van der Waals surface area contributed by atoms with Crippen LogP contribution in [0.4, 0.5) is 5.82 Å². The molecule has 2 rings (SSSR count). The molecular weight excluding hydrogens is 240 g/mol. The number of piperidine rings is 1. The first kappa shape index (κ1) is 9.97. The maximum absolute atomic E-state index is 4.40. The Morgan fingerprint density at radius 2 is 2.43 bits per heavy atom. The van der Waals surface area contributed by atoms with Crippen molar-refractivity contribution in [3.8, 4) is 0 Å². The first-order chi connectivity index (χ1) is 6.75. The van der Waals surface area contributed by atoms with Gasteiger partial charge in [-0.3, -0.25) is 0 Å². The smallest absolute Gasteiger partial charge is 0.128 e. The summed E-state index contributed by atoms with van der Waals surface area (Å²) in [6.45, 7) is 4.33. The van der Waals surface area contributed by atoms with Gasteiger partial charge in [-0.15, -0.1) is 0 Å². The monoisotopic (exact) mass is 254 g/mol. The van der Waals surface area contributed by atoms with Crippen molar-refractivity contribution in [3.63, 3.8) is 0 Å². The van der Waals surface area contributed by atoms with Crippen LogP contribution in [0.25, 0.3) is 0 Å². The number of halogens is 1. The molecule has 0 radical (unpaired) electrons. The summed E-state index contributed by atoms with van der Waals surface area (Å²) in [6.07, 6.45) is 4.43. The van der Waals surface area contributed by atoms with Crippen molar-refractivity contribution in [2.24, 2.45) is 0 Å². The fourth-order valence-corrected chi connectivity index (χ4v) is 2.50. The zero-order chi connectivity index (χ0) is 9.97. The highest BCUT2D eigenvalue weighted by Gasteiger charge is 2.18. The van der Waals surface area contributed by atoms with E-state index in [9.17, 15) is 0 Å². The fourth-order valence-electron chi connectivity index (χ4n) is 1.83. The van der Waals surface area contributed by atoms with Gasteiger partial charge in [0.05, 0.1) is 0 Å². The van der Waals surface area contributed by atoms with Crippen molar-refractivity contribution in [1.29, 1.82) is 0 Å². The van der Waals surface area contributed by atoms with Gasteiger partial charge in [0.1, 0.15) is 5.82 Å². The summed E-state index contributed by atoms with van der Waals surface area (Å²) >= 11 is 3.68. The molecule has 76 valence electrons. The maximum atomic E-state index is 4.40. The lowest BCUT2D eigenvalue weighted by atomic mass is 10.1. The number of alkyl halides is 1. The molecule has 1 aromatic heterocycles. The van der Waals surface area contributed by atoms with E-state index in [0.717, 1.165) is 18.9 Å². The average Bonchev–Trinajstić information content (AvgIpc) is 2.18. The molecule has 1 saturated heterocycles.